The summed E-state index contributed by atoms with van der Waals surface area (Å²) < 4.78 is 13.8. The first-order valence-corrected chi connectivity index (χ1v) is 8.24. The number of carbonyl (C=O) groups excluding carboxylic acids is 2. The molecule has 0 saturated heterocycles. The van der Waals surface area contributed by atoms with Gasteiger partial charge in [-0.2, -0.15) is 5.10 Å². The van der Waals surface area contributed by atoms with Gasteiger partial charge >= 0.3 is 0 Å². The first kappa shape index (κ1) is 18.1. The summed E-state index contributed by atoms with van der Waals surface area (Å²) in [4.78, 5) is 23.4. The van der Waals surface area contributed by atoms with Crippen LogP contribution in [0.2, 0.25) is 0 Å². The Balaban J connectivity index is 1.72. The first-order chi connectivity index (χ1) is 11.5. The van der Waals surface area contributed by atoms with Crippen molar-refractivity contribution in [1.82, 2.24) is 5.43 Å². The minimum Gasteiger partial charge on any atom is -0.326 e. The quantitative estimate of drug-likeness (QED) is 0.412. The van der Waals surface area contributed by atoms with Crippen molar-refractivity contribution in [3.8, 4) is 0 Å². The number of anilines is 1. The van der Waals surface area contributed by atoms with Gasteiger partial charge in [-0.1, -0.05) is 12.1 Å². The Morgan fingerprint density at radius 1 is 1.08 bits per heavy atom. The summed E-state index contributed by atoms with van der Waals surface area (Å²) in [6.07, 6.45) is 1.57. The highest BCUT2D eigenvalue weighted by molar-refractivity contribution is 14.1. The minimum atomic E-state index is -0.377. The van der Waals surface area contributed by atoms with E-state index in [0.29, 0.717) is 5.69 Å². The Morgan fingerprint density at radius 3 is 2.50 bits per heavy atom. The second-order valence-corrected chi connectivity index (χ2v) is 6.15. The Hall–Kier alpha value is -2.29. The summed E-state index contributed by atoms with van der Waals surface area (Å²) in [7, 11) is 0. The van der Waals surface area contributed by atoms with E-state index in [2.05, 4.69) is 38.4 Å². The fourth-order valence-corrected chi connectivity index (χ4v) is 2.37. The molecule has 24 heavy (non-hydrogen) atoms. The SMILES string of the molecule is O=C(CCC(=O)Nc1ccc(F)cc1)N/N=C\c1cccc(I)c1. The highest BCUT2D eigenvalue weighted by atomic mass is 127. The van der Waals surface area contributed by atoms with Crippen LogP contribution < -0.4 is 10.7 Å². The number of amides is 2. The highest BCUT2D eigenvalue weighted by Crippen LogP contribution is 2.09. The van der Waals surface area contributed by atoms with E-state index in [1.54, 1.807) is 6.21 Å². The molecule has 2 aromatic rings. The predicted molar refractivity (Wildman–Crippen MR) is 99.2 cm³/mol. The molecule has 0 heterocycles. The second kappa shape index (κ2) is 9.11. The van der Waals surface area contributed by atoms with Gasteiger partial charge in [0.1, 0.15) is 5.82 Å². The molecular formula is C17H15FIN3O2. The maximum absolute atomic E-state index is 12.8. The van der Waals surface area contributed by atoms with E-state index in [9.17, 15) is 14.0 Å². The number of nitrogens with zero attached hydrogens (tertiary/aromatic N) is 1. The lowest BCUT2D eigenvalue weighted by atomic mass is 10.2. The molecule has 2 rings (SSSR count). The lowest BCUT2D eigenvalue weighted by Crippen LogP contribution is -2.20. The van der Waals surface area contributed by atoms with Crippen molar-refractivity contribution >= 4 is 46.3 Å². The lowest BCUT2D eigenvalue weighted by molar-refractivity contribution is -0.124. The van der Waals surface area contributed by atoms with Gasteiger partial charge in [-0.3, -0.25) is 9.59 Å². The van der Waals surface area contributed by atoms with Crippen molar-refractivity contribution in [2.45, 2.75) is 12.8 Å². The van der Waals surface area contributed by atoms with Gasteiger partial charge in [0.15, 0.2) is 0 Å². The van der Waals surface area contributed by atoms with Crippen LogP contribution >= 0.6 is 22.6 Å². The van der Waals surface area contributed by atoms with E-state index in [1.807, 2.05) is 24.3 Å². The number of carbonyl (C=O) groups is 2. The van der Waals surface area contributed by atoms with Crippen LogP contribution in [-0.4, -0.2) is 18.0 Å². The van der Waals surface area contributed by atoms with Gasteiger partial charge < -0.3 is 5.32 Å². The fourth-order valence-electron chi connectivity index (χ4n) is 1.81. The number of halogens is 2. The van der Waals surface area contributed by atoms with Crippen LogP contribution in [0.5, 0.6) is 0 Å². The summed E-state index contributed by atoms with van der Waals surface area (Å²) in [6.45, 7) is 0. The van der Waals surface area contributed by atoms with Crippen LogP contribution in [-0.2, 0) is 9.59 Å². The summed E-state index contributed by atoms with van der Waals surface area (Å²) in [5.74, 6) is -1.05. The number of hydrogen-bond donors (Lipinski definition) is 2. The predicted octanol–water partition coefficient (Wildman–Crippen LogP) is 3.30. The molecule has 0 fully saturated rings. The second-order valence-electron chi connectivity index (χ2n) is 4.90. The van der Waals surface area contributed by atoms with E-state index in [0.717, 1.165) is 9.13 Å². The van der Waals surface area contributed by atoms with Gasteiger partial charge in [-0.15, -0.1) is 0 Å². The van der Waals surface area contributed by atoms with Crippen molar-refractivity contribution in [1.29, 1.82) is 0 Å². The molecule has 2 amide bonds. The Kier molecular flexibility index (Phi) is 6.86. The lowest BCUT2D eigenvalue weighted by Gasteiger charge is -2.04. The smallest absolute Gasteiger partial charge is 0.240 e. The van der Waals surface area contributed by atoms with E-state index in [1.165, 1.54) is 24.3 Å². The molecule has 0 spiro atoms. The third kappa shape index (κ3) is 6.45. The maximum Gasteiger partial charge on any atom is 0.240 e. The topological polar surface area (TPSA) is 70.6 Å². The zero-order valence-corrected chi connectivity index (χ0v) is 14.8. The third-order valence-corrected chi connectivity index (χ3v) is 3.63. The monoisotopic (exact) mass is 439 g/mol. The summed E-state index contributed by atoms with van der Waals surface area (Å²) in [5.41, 5.74) is 3.73. The molecule has 0 bridgehead atoms. The van der Waals surface area contributed by atoms with Crippen LogP contribution in [0.1, 0.15) is 18.4 Å². The minimum absolute atomic E-state index is 0.0106. The zero-order chi connectivity index (χ0) is 17.4. The van der Waals surface area contributed by atoms with Gasteiger partial charge in [0, 0.05) is 22.1 Å². The van der Waals surface area contributed by atoms with Gasteiger partial charge in [0.25, 0.3) is 0 Å². The fraction of sp³-hybridized carbons (Fsp3) is 0.118. The van der Waals surface area contributed by atoms with E-state index in [4.69, 9.17) is 0 Å². The molecule has 0 aliphatic rings. The van der Waals surface area contributed by atoms with E-state index in [-0.39, 0.29) is 30.5 Å². The number of rotatable bonds is 6. The standard InChI is InChI=1S/C17H15FIN3O2/c18-13-4-6-15(7-5-13)21-16(23)8-9-17(24)22-20-11-12-2-1-3-14(19)10-12/h1-7,10-11H,8-9H2,(H,21,23)(H,22,24)/b20-11-. The van der Waals surface area contributed by atoms with Crippen LogP contribution in [0, 0.1) is 9.39 Å². The van der Waals surface area contributed by atoms with E-state index >= 15 is 0 Å². The first-order valence-electron chi connectivity index (χ1n) is 7.16. The van der Waals surface area contributed by atoms with Gasteiger partial charge in [0.05, 0.1) is 6.21 Å². The van der Waals surface area contributed by atoms with Crippen molar-refractivity contribution in [2.24, 2.45) is 5.10 Å². The van der Waals surface area contributed by atoms with Crippen molar-refractivity contribution < 1.29 is 14.0 Å². The summed E-state index contributed by atoms with van der Waals surface area (Å²) in [5, 5.41) is 6.44. The molecular weight excluding hydrogens is 424 g/mol. The molecule has 2 aromatic carbocycles. The average Bonchev–Trinajstić information content (AvgIpc) is 2.55. The average molecular weight is 439 g/mol. The molecule has 0 radical (unpaired) electrons. The molecule has 5 nitrogen and oxygen atoms in total. The Bertz CT molecular complexity index is 748. The van der Waals surface area contributed by atoms with Crippen molar-refractivity contribution in [3.63, 3.8) is 0 Å². The molecule has 124 valence electrons. The van der Waals surface area contributed by atoms with Crippen LogP contribution in [0.15, 0.2) is 53.6 Å². The van der Waals surface area contributed by atoms with Gasteiger partial charge in [0.2, 0.25) is 11.8 Å². The van der Waals surface area contributed by atoms with Crippen molar-refractivity contribution in [3.05, 3.63) is 63.5 Å². The van der Waals surface area contributed by atoms with Crippen LogP contribution in [0.4, 0.5) is 10.1 Å². The Morgan fingerprint density at radius 2 is 1.79 bits per heavy atom. The molecule has 0 unspecified atom stereocenters. The highest BCUT2D eigenvalue weighted by Gasteiger charge is 2.06. The number of benzene rings is 2. The van der Waals surface area contributed by atoms with Crippen molar-refractivity contribution in [2.75, 3.05) is 5.32 Å². The molecule has 0 aliphatic carbocycles. The maximum atomic E-state index is 12.8. The molecule has 0 saturated carbocycles. The Labute approximate surface area is 152 Å². The van der Waals surface area contributed by atoms with E-state index < -0.39 is 0 Å². The molecule has 0 atom stereocenters. The third-order valence-electron chi connectivity index (χ3n) is 2.96. The number of hydrogen-bond acceptors (Lipinski definition) is 3. The summed E-state index contributed by atoms with van der Waals surface area (Å²) >= 11 is 2.19. The van der Waals surface area contributed by atoms with Crippen LogP contribution in [0.3, 0.4) is 0 Å². The molecule has 7 heteroatoms. The summed E-state index contributed by atoms with van der Waals surface area (Å²) in [6, 6.07) is 13.1. The van der Waals surface area contributed by atoms with Gasteiger partial charge in [-0.25, -0.2) is 9.82 Å². The van der Waals surface area contributed by atoms with Crippen LogP contribution in [0.25, 0.3) is 0 Å². The largest absolute Gasteiger partial charge is 0.326 e. The molecule has 0 aromatic heterocycles. The zero-order valence-electron chi connectivity index (χ0n) is 12.6. The molecule has 2 N–H and O–H groups in total. The van der Waals surface area contributed by atoms with Gasteiger partial charge in [-0.05, 0) is 64.6 Å². The molecule has 0 aliphatic heterocycles. The normalized spacial score (nSPS) is 10.6. The number of hydrazone groups is 1. The number of nitrogens with one attached hydrogen (secondary N) is 2.